The molecule has 25 heavy (non-hydrogen) atoms. The lowest BCUT2D eigenvalue weighted by Crippen LogP contribution is -2.16. The van der Waals surface area contributed by atoms with Gasteiger partial charge in [0, 0.05) is 10.6 Å². The van der Waals surface area contributed by atoms with E-state index in [9.17, 15) is 9.59 Å². The van der Waals surface area contributed by atoms with Gasteiger partial charge in [0.2, 0.25) is 0 Å². The molecule has 0 radical (unpaired) electrons. The number of hydrogen-bond acceptors (Lipinski definition) is 3. The van der Waals surface area contributed by atoms with Crippen molar-refractivity contribution in [3.8, 4) is 0 Å². The molecular formula is C20H22ClNO3. The maximum Gasteiger partial charge on any atom is 0.340 e. The van der Waals surface area contributed by atoms with Gasteiger partial charge in [-0.2, -0.15) is 0 Å². The molecule has 0 saturated carbocycles. The first-order chi connectivity index (χ1) is 12.0. The largest absolute Gasteiger partial charge is 0.462 e. The minimum Gasteiger partial charge on any atom is -0.462 e. The van der Waals surface area contributed by atoms with Gasteiger partial charge < -0.3 is 10.1 Å². The third kappa shape index (κ3) is 5.33. The van der Waals surface area contributed by atoms with Crippen molar-refractivity contribution < 1.29 is 14.3 Å². The normalized spacial score (nSPS) is 10.4. The van der Waals surface area contributed by atoms with Gasteiger partial charge in [-0.3, -0.25) is 4.79 Å². The van der Waals surface area contributed by atoms with Gasteiger partial charge >= 0.3 is 5.97 Å². The number of carbonyl (C=O) groups is 2. The highest BCUT2D eigenvalue weighted by atomic mass is 35.5. The fraction of sp³-hybridized carbons (Fsp3) is 0.300. The van der Waals surface area contributed by atoms with Crippen LogP contribution in [0.1, 0.15) is 53.0 Å². The zero-order valence-electron chi connectivity index (χ0n) is 14.5. The number of amides is 1. The van der Waals surface area contributed by atoms with Crippen LogP contribution in [0.5, 0.6) is 0 Å². The number of anilines is 1. The molecule has 132 valence electrons. The van der Waals surface area contributed by atoms with Gasteiger partial charge in [-0.1, -0.05) is 37.1 Å². The number of carbonyl (C=O) groups excluding carboxylic acids is 2. The summed E-state index contributed by atoms with van der Waals surface area (Å²) >= 11 is 5.99. The van der Waals surface area contributed by atoms with Crippen LogP contribution in [0.3, 0.4) is 0 Å². The predicted molar refractivity (Wildman–Crippen MR) is 100 cm³/mol. The van der Waals surface area contributed by atoms with Crippen molar-refractivity contribution in [3.63, 3.8) is 0 Å². The molecule has 0 aromatic heterocycles. The first kappa shape index (κ1) is 19.0. The Morgan fingerprint density at radius 3 is 2.44 bits per heavy atom. The molecule has 0 spiro atoms. The zero-order chi connectivity index (χ0) is 18.2. The molecule has 0 atom stereocenters. The Hall–Kier alpha value is -2.33. The predicted octanol–water partition coefficient (Wildman–Crippen LogP) is 5.11. The first-order valence-corrected chi connectivity index (χ1v) is 8.80. The van der Waals surface area contributed by atoms with E-state index < -0.39 is 5.97 Å². The summed E-state index contributed by atoms with van der Waals surface area (Å²) in [7, 11) is 0. The van der Waals surface area contributed by atoms with Gasteiger partial charge in [-0.25, -0.2) is 4.79 Å². The van der Waals surface area contributed by atoms with Crippen LogP contribution in [0.15, 0.2) is 42.5 Å². The topological polar surface area (TPSA) is 55.4 Å². The standard InChI is InChI=1S/C20H22ClNO3/c1-3-5-6-14-7-9-15(10-8-14)19(23)22-18-13-16(21)11-12-17(18)20(24)25-4-2/h7-13H,3-6H2,1-2H3,(H,22,23). The second-order valence-electron chi connectivity index (χ2n) is 5.66. The molecule has 0 aliphatic heterocycles. The lowest BCUT2D eigenvalue weighted by molar-refractivity contribution is 0.0527. The summed E-state index contributed by atoms with van der Waals surface area (Å²) in [4.78, 5) is 24.5. The Labute approximate surface area is 153 Å². The number of ether oxygens (including phenoxy) is 1. The molecule has 0 unspecified atom stereocenters. The van der Waals surface area contributed by atoms with Crippen LogP contribution < -0.4 is 5.32 Å². The van der Waals surface area contributed by atoms with E-state index in [2.05, 4.69) is 12.2 Å². The third-order valence-electron chi connectivity index (χ3n) is 3.76. The fourth-order valence-corrected chi connectivity index (χ4v) is 2.58. The molecule has 0 saturated heterocycles. The number of esters is 1. The number of halogens is 1. The number of nitrogens with one attached hydrogen (secondary N) is 1. The van der Waals surface area contributed by atoms with Crippen molar-refractivity contribution in [1.82, 2.24) is 0 Å². The highest BCUT2D eigenvalue weighted by Gasteiger charge is 2.16. The van der Waals surface area contributed by atoms with E-state index >= 15 is 0 Å². The number of rotatable bonds is 7. The zero-order valence-corrected chi connectivity index (χ0v) is 15.2. The smallest absolute Gasteiger partial charge is 0.340 e. The summed E-state index contributed by atoms with van der Waals surface area (Å²) in [6.07, 6.45) is 3.25. The molecule has 0 heterocycles. The molecule has 0 aliphatic carbocycles. The van der Waals surface area contributed by atoms with Crippen molar-refractivity contribution in [2.24, 2.45) is 0 Å². The van der Waals surface area contributed by atoms with Crippen molar-refractivity contribution in [3.05, 3.63) is 64.2 Å². The van der Waals surface area contributed by atoms with Gasteiger partial charge in [0.05, 0.1) is 17.9 Å². The van der Waals surface area contributed by atoms with Crippen LogP contribution in [0.2, 0.25) is 5.02 Å². The SMILES string of the molecule is CCCCc1ccc(C(=O)Nc2cc(Cl)ccc2C(=O)OCC)cc1. The van der Waals surface area contributed by atoms with E-state index in [-0.39, 0.29) is 18.1 Å². The molecule has 0 aliphatic rings. The fourth-order valence-electron chi connectivity index (χ4n) is 2.40. The summed E-state index contributed by atoms with van der Waals surface area (Å²) in [5.41, 5.74) is 2.34. The van der Waals surface area contributed by atoms with Gasteiger partial charge in [-0.05, 0) is 55.7 Å². The van der Waals surface area contributed by atoms with Crippen LogP contribution in [0.25, 0.3) is 0 Å². The average Bonchev–Trinajstić information content (AvgIpc) is 2.60. The molecule has 0 bridgehead atoms. The number of hydrogen-bond donors (Lipinski definition) is 1. The monoisotopic (exact) mass is 359 g/mol. The third-order valence-corrected chi connectivity index (χ3v) is 4.00. The minimum absolute atomic E-state index is 0.258. The number of unbranched alkanes of at least 4 members (excludes halogenated alkanes) is 1. The summed E-state index contributed by atoms with van der Waals surface area (Å²) in [5, 5.41) is 3.17. The van der Waals surface area contributed by atoms with Crippen LogP contribution in [-0.2, 0) is 11.2 Å². The van der Waals surface area contributed by atoms with Gasteiger partial charge in [0.15, 0.2) is 0 Å². The molecular weight excluding hydrogens is 338 g/mol. The van der Waals surface area contributed by atoms with Crippen molar-refractivity contribution in [1.29, 1.82) is 0 Å². The highest BCUT2D eigenvalue weighted by Crippen LogP contribution is 2.23. The second kappa shape index (κ2) is 9.23. The molecule has 0 fully saturated rings. The van der Waals surface area contributed by atoms with E-state index in [0.717, 1.165) is 19.3 Å². The summed E-state index contributed by atoms with van der Waals surface area (Å²) in [6.45, 7) is 4.13. The Bertz CT molecular complexity index is 741. The summed E-state index contributed by atoms with van der Waals surface area (Å²) < 4.78 is 5.02. The quantitative estimate of drug-likeness (QED) is 0.699. The molecule has 2 aromatic rings. The molecule has 1 N–H and O–H groups in total. The Balaban J connectivity index is 2.17. The van der Waals surface area contributed by atoms with Crippen molar-refractivity contribution in [2.75, 3.05) is 11.9 Å². The summed E-state index contributed by atoms with van der Waals surface area (Å²) in [5.74, 6) is -0.792. The maximum absolute atomic E-state index is 12.5. The van der Waals surface area contributed by atoms with Crippen LogP contribution in [0, 0.1) is 0 Å². The van der Waals surface area contributed by atoms with Crippen LogP contribution >= 0.6 is 11.6 Å². The van der Waals surface area contributed by atoms with Gasteiger partial charge in [0.25, 0.3) is 5.91 Å². The van der Waals surface area contributed by atoms with E-state index in [1.54, 1.807) is 37.3 Å². The Morgan fingerprint density at radius 1 is 1.08 bits per heavy atom. The lowest BCUT2D eigenvalue weighted by atomic mass is 10.1. The molecule has 4 nitrogen and oxygen atoms in total. The van der Waals surface area contributed by atoms with Crippen LogP contribution in [0.4, 0.5) is 5.69 Å². The van der Waals surface area contributed by atoms with Gasteiger partial charge in [0.1, 0.15) is 0 Å². The highest BCUT2D eigenvalue weighted by molar-refractivity contribution is 6.31. The number of aryl methyl sites for hydroxylation is 1. The van der Waals surface area contributed by atoms with E-state index in [0.29, 0.717) is 16.3 Å². The molecule has 5 heteroatoms. The first-order valence-electron chi connectivity index (χ1n) is 8.42. The molecule has 2 rings (SSSR count). The van der Waals surface area contributed by atoms with E-state index in [1.807, 2.05) is 12.1 Å². The average molecular weight is 360 g/mol. The van der Waals surface area contributed by atoms with Crippen LogP contribution in [-0.4, -0.2) is 18.5 Å². The van der Waals surface area contributed by atoms with Crippen molar-refractivity contribution >= 4 is 29.2 Å². The van der Waals surface area contributed by atoms with E-state index in [4.69, 9.17) is 16.3 Å². The minimum atomic E-state index is -0.496. The molecule has 2 aromatic carbocycles. The maximum atomic E-state index is 12.5. The lowest BCUT2D eigenvalue weighted by Gasteiger charge is -2.11. The second-order valence-corrected chi connectivity index (χ2v) is 6.10. The van der Waals surface area contributed by atoms with E-state index in [1.165, 1.54) is 5.56 Å². The summed E-state index contributed by atoms with van der Waals surface area (Å²) in [6, 6.07) is 12.2. The van der Waals surface area contributed by atoms with Crippen molar-refractivity contribution in [2.45, 2.75) is 33.1 Å². The Kier molecular flexibility index (Phi) is 7.02. The number of benzene rings is 2. The Morgan fingerprint density at radius 2 is 1.80 bits per heavy atom. The molecule has 1 amide bonds. The van der Waals surface area contributed by atoms with Gasteiger partial charge in [-0.15, -0.1) is 0 Å².